The first kappa shape index (κ1) is 34.2. The van der Waals surface area contributed by atoms with Crippen LogP contribution in [-0.4, -0.2) is 103 Å². The Hall–Kier alpha value is -4.16. The van der Waals surface area contributed by atoms with Crippen LogP contribution in [0, 0.1) is 24.1 Å². The van der Waals surface area contributed by atoms with Crippen LogP contribution in [0.1, 0.15) is 44.0 Å². The number of carbonyl (C=O) groups excluding carboxylic acids is 2. The van der Waals surface area contributed by atoms with Gasteiger partial charge in [-0.25, -0.2) is 14.2 Å². The SMILES string of the molecule is Cc1cc(C(F)(F)F)c(C#N)c(N[C@H]2CCN(CCN3CCNC4(C3)CN(C(=O)OC(C)(C)C)C4)c3c(F)cccc3N(C)C2=O)n1. The number of hydrogen-bond donors (Lipinski definition) is 2. The maximum Gasteiger partial charge on any atom is 0.417 e. The summed E-state index contributed by atoms with van der Waals surface area (Å²) in [5.41, 5.74) is -2.07. The molecule has 11 nitrogen and oxygen atoms in total. The van der Waals surface area contributed by atoms with Gasteiger partial charge in [0.25, 0.3) is 0 Å². The zero-order valence-electron chi connectivity index (χ0n) is 27.2. The normalized spacial score (nSPS) is 20.2. The molecule has 2 fully saturated rings. The summed E-state index contributed by atoms with van der Waals surface area (Å²) >= 11 is 0. The molecule has 2 N–H and O–H groups in total. The number of para-hydroxylation sites is 1. The molecule has 4 heterocycles. The number of alkyl halides is 3. The van der Waals surface area contributed by atoms with E-state index in [1.807, 2.05) is 25.7 Å². The molecule has 2 amide bonds. The fourth-order valence-electron chi connectivity index (χ4n) is 6.44. The zero-order valence-corrected chi connectivity index (χ0v) is 27.2. The fraction of sp³-hybridized carbons (Fsp3) is 0.562. The minimum absolute atomic E-state index is 0.0361. The highest BCUT2D eigenvalue weighted by Crippen LogP contribution is 2.37. The summed E-state index contributed by atoms with van der Waals surface area (Å²) < 4.78 is 62.2. The molecule has 1 aromatic carbocycles. The third kappa shape index (κ3) is 7.38. The first-order chi connectivity index (χ1) is 22.0. The number of ether oxygens (including phenoxy) is 1. The highest BCUT2D eigenvalue weighted by Gasteiger charge is 2.48. The number of halogens is 4. The summed E-state index contributed by atoms with van der Waals surface area (Å²) in [6, 6.07) is 5.80. The number of benzene rings is 1. The van der Waals surface area contributed by atoms with Crippen LogP contribution in [0.2, 0.25) is 0 Å². The number of anilines is 3. The van der Waals surface area contributed by atoms with Gasteiger partial charge in [0, 0.05) is 65.1 Å². The number of aromatic nitrogens is 1. The molecule has 47 heavy (non-hydrogen) atoms. The van der Waals surface area contributed by atoms with E-state index in [1.165, 1.54) is 31.0 Å². The van der Waals surface area contributed by atoms with Crippen molar-refractivity contribution in [3.05, 3.63) is 46.9 Å². The number of fused-ring (bicyclic) bond motifs is 1. The van der Waals surface area contributed by atoms with Gasteiger partial charge in [0.2, 0.25) is 5.91 Å². The summed E-state index contributed by atoms with van der Waals surface area (Å²) in [5, 5.41) is 16.0. The van der Waals surface area contributed by atoms with Crippen LogP contribution in [0.25, 0.3) is 0 Å². The predicted octanol–water partition coefficient (Wildman–Crippen LogP) is 3.97. The molecule has 5 rings (SSSR count). The molecule has 0 aliphatic carbocycles. The van der Waals surface area contributed by atoms with E-state index in [-0.39, 0.29) is 41.8 Å². The number of rotatable bonds is 5. The second kappa shape index (κ2) is 12.8. The number of amides is 2. The number of nitrogens with zero attached hydrogens (tertiary/aromatic N) is 6. The van der Waals surface area contributed by atoms with E-state index in [0.29, 0.717) is 45.0 Å². The van der Waals surface area contributed by atoms with Gasteiger partial charge in [0.1, 0.15) is 34.9 Å². The van der Waals surface area contributed by atoms with Crippen molar-refractivity contribution in [2.24, 2.45) is 0 Å². The van der Waals surface area contributed by atoms with Gasteiger partial charge in [-0.2, -0.15) is 18.4 Å². The minimum Gasteiger partial charge on any atom is -0.444 e. The molecule has 0 unspecified atom stereocenters. The number of likely N-dealkylation sites (tertiary alicyclic amines) is 1. The number of likely N-dealkylation sites (N-methyl/N-ethyl adjacent to an activating group) is 1. The molecule has 1 atom stereocenters. The maximum absolute atomic E-state index is 15.4. The Morgan fingerprint density at radius 3 is 2.57 bits per heavy atom. The summed E-state index contributed by atoms with van der Waals surface area (Å²) in [6.07, 6.45) is -5.04. The second-order valence-corrected chi connectivity index (χ2v) is 13.4. The molecule has 1 aromatic heterocycles. The summed E-state index contributed by atoms with van der Waals surface area (Å²) in [7, 11) is 1.49. The third-order valence-corrected chi connectivity index (χ3v) is 8.61. The lowest BCUT2D eigenvalue weighted by atomic mass is 9.87. The van der Waals surface area contributed by atoms with Crippen molar-refractivity contribution in [1.29, 1.82) is 5.26 Å². The molecule has 1 spiro atoms. The van der Waals surface area contributed by atoms with Crippen molar-refractivity contribution < 1.29 is 31.9 Å². The second-order valence-electron chi connectivity index (χ2n) is 13.4. The summed E-state index contributed by atoms with van der Waals surface area (Å²) in [4.78, 5) is 37.4. The molecule has 2 saturated heterocycles. The highest BCUT2D eigenvalue weighted by molar-refractivity contribution is 6.01. The van der Waals surface area contributed by atoms with Crippen molar-refractivity contribution in [1.82, 2.24) is 20.1 Å². The average molecular weight is 661 g/mol. The Morgan fingerprint density at radius 1 is 1.19 bits per heavy atom. The Balaban J connectivity index is 1.33. The van der Waals surface area contributed by atoms with Crippen LogP contribution in [0.3, 0.4) is 0 Å². The molecular formula is C32H40F4N8O3. The molecule has 0 radical (unpaired) electrons. The summed E-state index contributed by atoms with van der Waals surface area (Å²) in [6.45, 7) is 11.2. The van der Waals surface area contributed by atoms with E-state index >= 15 is 4.39 Å². The van der Waals surface area contributed by atoms with E-state index in [4.69, 9.17) is 4.74 Å². The Morgan fingerprint density at radius 2 is 1.91 bits per heavy atom. The number of nitrogens with one attached hydrogen (secondary N) is 2. The number of aryl methyl sites for hydroxylation is 1. The largest absolute Gasteiger partial charge is 0.444 e. The zero-order chi connectivity index (χ0) is 34.3. The standard InChI is InChI=1S/C32H40F4N8O3/c1-20-15-22(32(34,35)36)21(16-37)27(39-20)40-24-9-11-43(26-23(33)7-6-8-25(26)41(5)28(24)45)14-13-42-12-10-38-31(17-42)18-44(19-31)29(46)47-30(2,3)4/h6-8,15,24,38H,9-14,17-19H2,1-5H3,(H,39,40)/t24-/m0/s1. The average Bonchev–Trinajstić information content (AvgIpc) is 2.96. The van der Waals surface area contributed by atoms with Crippen molar-refractivity contribution in [2.45, 2.75) is 57.5 Å². The van der Waals surface area contributed by atoms with Gasteiger partial charge in [0.05, 0.1) is 22.5 Å². The van der Waals surface area contributed by atoms with E-state index in [0.717, 1.165) is 12.6 Å². The molecular weight excluding hydrogens is 620 g/mol. The predicted molar refractivity (Wildman–Crippen MR) is 168 cm³/mol. The number of piperazine rings is 1. The van der Waals surface area contributed by atoms with Gasteiger partial charge in [-0.15, -0.1) is 0 Å². The van der Waals surface area contributed by atoms with Gasteiger partial charge >= 0.3 is 12.3 Å². The highest BCUT2D eigenvalue weighted by atomic mass is 19.4. The van der Waals surface area contributed by atoms with Crippen LogP contribution < -0.4 is 20.4 Å². The Kier molecular flexibility index (Phi) is 9.31. The molecule has 0 bridgehead atoms. The molecule has 2 aromatic rings. The number of nitriles is 1. The van der Waals surface area contributed by atoms with Crippen molar-refractivity contribution in [3.63, 3.8) is 0 Å². The quantitative estimate of drug-likeness (QED) is 0.460. The van der Waals surface area contributed by atoms with Crippen molar-refractivity contribution in [3.8, 4) is 6.07 Å². The van der Waals surface area contributed by atoms with Crippen molar-refractivity contribution in [2.75, 3.05) is 74.5 Å². The molecule has 3 aliphatic heterocycles. The van der Waals surface area contributed by atoms with Gasteiger partial charge < -0.3 is 30.1 Å². The molecule has 0 saturated carbocycles. The van der Waals surface area contributed by atoms with Gasteiger partial charge in [-0.05, 0) is 52.3 Å². The fourth-order valence-corrected chi connectivity index (χ4v) is 6.44. The first-order valence-electron chi connectivity index (χ1n) is 15.5. The van der Waals surface area contributed by atoms with Gasteiger partial charge in [-0.3, -0.25) is 9.69 Å². The molecule has 15 heteroatoms. The van der Waals surface area contributed by atoms with Gasteiger partial charge in [-0.1, -0.05) is 6.07 Å². The topological polar surface area (TPSA) is 117 Å². The Bertz CT molecular complexity index is 1570. The lowest BCUT2D eigenvalue weighted by Crippen LogP contribution is -2.77. The lowest BCUT2D eigenvalue weighted by Gasteiger charge is -2.54. The first-order valence-corrected chi connectivity index (χ1v) is 15.5. The van der Waals surface area contributed by atoms with Crippen LogP contribution >= 0.6 is 0 Å². The van der Waals surface area contributed by atoms with E-state index in [9.17, 15) is 28.0 Å². The van der Waals surface area contributed by atoms with E-state index < -0.39 is 40.7 Å². The third-order valence-electron chi connectivity index (χ3n) is 8.61. The monoisotopic (exact) mass is 660 g/mol. The molecule has 3 aliphatic rings. The Labute approximate surface area is 271 Å². The van der Waals surface area contributed by atoms with Crippen LogP contribution in [-0.2, 0) is 15.7 Å². The van der Waals surface area contributed by atoms with Gasteiger partial charge in [0.15, 0.2) is 0 Å². The summed E-state index contributed by atoms with van der Waals surface area (Å²) in [5.74, 6) is -1.33. The number of carbonyl (C=O) groups is 2. The van der Waals surface area contributed by atoms with Crippen molar-refractivity contribution >= 4 is 29.2 Å². The lowest BCUT2D eigenvalue weighted by molar-refractivity contribution is -0.137. The maximum atomic E-state index is 15.4. The minimum atomic E-state index is -4.79. The van der Waals surface area contributed by atoms with E-state index in [1.54, 1.807) is 17.0 Å². The molecule has 254 valence electrons. The number of pyridine rings is 1. The van der Waals surface area contributed by atoms with Crippen LogP contribution in [0.4, 0.5) is 39.5 Å². The van der Waals surface area contributed by atoms with Crippen LogP contribution in [0.5, 0.6) is 0 Å². The van der Waals surface area contributed by atoms with Crippen LogP contribution in [0.15, 0.2) is 24.3 Å². The van der Waals surface area contributed by atoms with E-state index in [2.05, 4.69) is 20.5 Å². The number of hydrogen-bond acceptors (Lipinski definition) is 9. The smallest absolute Gasteiger partial charge is 0.417 e.